The van der Waals surface area contributed by atoms with E-state index < -0.39 is 42.0 Å². The van der Waals surface area contributed by atoms with Crippen molar-refractivity contribution in [1.82, 2.24) is 19.5 Å². The second-order valence-corrected chi connectivity index (χ2v) is 10.8. The van der Waals surface area contributed by atoms with Gasteiger partial charge in [-0.1, -0.05) is 66.7 Å². The van der Waals surface area contributed by atoms with Gasteiger partial charge in [-0.15, -0.1) is 0 Å². The van der Waals surface area contributed by atoms with Crippen molar-refractivity contribution < 1.29 is 34.8 Å². The van der Waals surface area contributed by atoms with Crippen LogP contribution in [0.25, 0.3) is 11.2 Å². The number of aromatic carboxylic acids is 2. The summed E-state index contributed by atoms with van der Waals surface area (Å²) in [5, 5.41) is 42.7. The first-order chi connectivity index (χ1) is 21.3. The molecule has 12 heteroatoms. The minimum absolute atomic E-state index is 0.0655. The average molecular weight is 596 g/mol. The summed E-state index contributed by atoms with van der Waals surface area (Å²) in [4.78, 5) is 38.1. The number of nitrogens with two attached hydrogens (primary N) is 1. The molecular weight excluding hydrogens is 566 g/mol. The molecule has 6 rings (SSSR count). The highest BCUT2D eigenvalue weighted by atomic mass is 16.5. The third kappa shape index (κ3) is 4.26. The molecule has 12 nitrogen and oxygen atoms in total. The monoisotopic (exact) mass is 595 g/mol. The van der Waals surface area contributed by atoms with Crippen molar-refractivity contribution in [3.63, 3.8) is 0 Å². The largest absolute Gasteiger partial charge is 0.478 e. The third-order valence-electron chi connectivity index (χ3n) is 8.76. The maximum absolute atomic E-state index is 12.5. The molecule has 0 unspecified atom stereocenters. The molecule has 0 saturated heterocycles. The number of rotatable bonds is 10. The molecule has 3 atom stereocenters. The summed E-state index contributed by atoms with van der Waals surface area (Å²) in [5.74, 6) is -2.41. The molecular formula is C32H29N5O7. The number of carboxylic acids is 2. The standard InChI is InChI=1S/C32H29N5O7/c33-30-35-26-25(27(36-30)44-15-19-8-2-1-3-9-19)34-18-37(26)24-14-31(16-38,22-12-6-4-10-20(22)28(40)41)32(24,17-39)23-13-7-5-11-21(23)29(42)43/h1-13,18,24,38-39H,14-17H2,(H,40,41)(H,42,43)(H2,33,35,36)/t24-,31-,32-/m1/s1. The zero-order chi connectivity index (χ0) is 31.1. The van der Waals surface area contributed by atoms with E-state index in [1.807, 2.05) is 30.3 Å². The molecule has 224 valence electrons. The van der Waals surface area contributed by atoms with Gasteiger partial charge in [0.1, 0.15) is 6.61 Å². The lowest BCUT2D eigenvalue weighted by molar-refractivity contribution is -0.0725. The number of imidazole rings is 1. The Morgan fingerprint density at radius 1 is 0.864 bits per heavy atom. The zero-order valence-electron chi connectivity index (χ0n) is 23.4. The fourth-order valence-corrected chi connectivity index (χ4v) is 6.74. The van der Waals surface area contributed by atoms with E-state index in [-0.39, 0.29) is 52.8 Å². The van der Waals surface area contributed by atoms with E-state index in [0.717, 1.165) is 5.56 Å². The molecule has 0 radical (unpaired) electrons. The van der Waals surface area contributed by atoms with Crippen LogP contribution in [0.1, 0.15) is 49.9 Å². The molecule has 1 fully saturated rings. The van der Waals surface area contributed by atoms with E-state index in [1.165, 1.54) is 18.5 Å². The van der Waals surface area contributed by atoms with Gasteiger partial charge in [-0.3, -0.25) is 0 Å². The molecule has 1 saturated carbocycles. The van der Waals surface area contributed by atoms with Gasteiger partial charge in [-0.05, 0) is 35.2 Å². The number of carboxylic acid groups (broad SMARTS) is 2. The molecule has 3 aromatic carbocycles. The first-order valence-corrected chi connectivity index (χ1v) is 13.8. The summed E-state index contributed by atoms with van der Waals surface area (Å²) in [6, 6.07) is 21.1. The first kappa shape index (κ1) is 28.8. The highest BCUT2D eigenvalue weighted by Gasteiger charge is 2.68. The minimum Gasteiger partial charge on any atom is -0.478 e. The van der Waals surface area contributed by atoms with Crippen molar-refractivity contribution in [2.24, 2.45) is 0 Å². The molecule has 0 aliphatic heterocycles. The molecule has 5 aromatic rings. The molecule has 44 heavy (non-hydrogen) atoms. The molecule has 0 amide bonds. The number of hydrogen-bond acceptors (Lipinski definition) is 9. The van der Waals surface area contributed by atoms with Crippen LogP contribution in [0.2, 0.25) is 0 Å². The molecule has 6 N–H and O–H groups in total. The Bertz CT molecular complexity index is 1880. The second-order valence-electron chi connectivity index (χ2n) is 10.8. The van der Waals surface area contributed by atoms with Gasteiger partial charge in [0.05, 0.1) is 42.1 Å². The number of benzene rings is 3. The summed E-state index contributed by atoms with van der Waals surface area (Å²) in [6.07, 6.45) is 1.59. The predicted octanol–water partition coefficient (Wildman–Crippen LogP) is 3.19. The van der Waals surface area contributed by atoms with E-state index in [2.05, 4.69) is 15.0 Å². The van der Waals surface area contributed by atoms with Crippen molar-refractivity contribution >= 4 is 29.1 Å². The van der Waals surface area contributed by atoms with Crippen molar-refractivity contribution in [1.29, 1.82) is 0 Å². The molecule has 2 heterocycles. The maximum Gasteiger partial charge on any atom is 0.335 e. The van der Waals surface area contributed by atoms with Gasteiger partial charge in [0.25, 0.3) is 0 Å². The molecule has 0 bridgehead atoms. The third-order valence-corrected chi connectivity index (χ3v) is 8.76. The number of nitrogen functional groups attached to an aromatic ring is 1. The number of anilines is 1. The lowest BCUT2D eigenvalue weighted by atomic mass is 9.41. The van der Waals surface area contributed by atoms with E-state index in [9.17, 15) is 30.0 Å². The maximum atomic E-state index is 12.5. The minimum atomic E-state index is -1.54. The highest BCUT2D eigenvalue weighted by Crippen LogP contribution is 2.65. The van der Waals surface area contributed by atoms with Crippen molar-refractivity contribution in [3.05, 3.63) is 113 Å². The van der Waals surface area contributed by atoms with Gasteiger partial charge in [0, 0.05) is 5.41 Å². The van der Waals surface area contributed by atoms with Crippen molar-refractivity contribution in [3.8, 4) is 5.88 Å². The summed E-state index contributed by atoms with van der Waals surface area (Å²) < 4.78 is 7.64. The van der Waals surface area contributed by atoms with Crippen LogP contribution in [0.3, 0.4) is 0 Å². The van der Waals surface area contributed by atoms with Gasteiger partial charge in [-0.25, -0.2) is 14.6 Å². The number of aliphatic hydroxyl groups excluding tert-OH is 2. The van der Waals surface area contributed by atoms with Crippen molar-refractivity contribution in [2.45, 2.75) is 29.9 Å². The highest BCUT2D eigenvalue weighted by molar-refractivity contribution is 5.92. The number of ether oxygens (including phenoxy) is 1. The SMILES string of the molecule is Nc1nc(OCc2ccccc2)c2ncn([C@@H]3C[C@@](CO)(c4ccccc4C(=O)O)[C@]3(CO)c3ccccc3C(=O)O)c2n1. The van der Waals surface area contributed by atoms with E-state index in [0.29, 0.717) is 5.52 Å². The average Bonchev–Trinajstić information content (AvgIpc) is 3.44. The normalized spacial score (nSPS) is 21.1. The molecule has 1 aliphatic carbocycles. The fourth-order valence-electron chi connectivity index (χ4n) is 6.74. The molecule has 0 spiro atoms. The molecule has 2 aromatic heterocycles. The fraction of sp³-hybridized carbons (Fsp3) is 0.219. The van der Waals surface area contributed by atoms with Crippen LogP contribution in [-0.2, 0) is 17.4 Å². The van der Waals surface area contributed by atoms with Crippen LogP contribution in [0.4, 0.5) is 5.95 Å². The van der Waals surface area contributed by atoms with Crippen LogP contribution in [-0.4, -0.2) is 65.1 Å². The Morgan fingerprint density at radius 2 is 1.48 bits per heavy atom. The number of fused-ring (bicyclic) bond motifs is 1. The van der Waals surface area contributed by atoms with Gasteiger partial charge < -0.3 is 35.5 Å². The Balaban J connectivity index is 1.56. The van der Waals surface area contributed by atoms with Gasteiger partial charge in [-0.2, -0.15) is 9.97 Å². The van der Waals surface area contributed by atoms with E-state index in [4.69, 9.17) is 10.5 Å². The topological polar surface area (TPSA) is 194 Å². The van der Waals surface area contributed by atoms with Crippen LogP contribution < -0.4 is 10.5 Å². The lowest BCUT2D eigenvalue weighted by Crippen LogP contribution is -2.69. The number of aromatic nitrogens is 4. The zero-order valence-corrected chi connectivity index (χ0v) is 23.4. The molecule has 1 aliphatic rings. The lowest BCUT2D eigenvalue weighted by Gasteiger charge is -2.64. The Morgan fingerprint density at radius 3 is 2.11 bits per heavy atom. The van der Waals surface area contributed by atoms with Gasteiger partial charge >= 0.3 is 11.9 Å². The van der Waals surface area contributed by atoms with E-state index >= 15 is 0 Å². The number of aliphatic hydroxyl groups is 2. The quantitative estimate of drug-likeness (QED) is 0.159. The first-order valence-electron chi connectivity index (χ1n) is 13.8. The van der Waals surface area contributed by atoms with Crippen LogP contribution in [0.5, 0.6) is 5.88 Å². The predicted molar refractivity (Wildman–Crippen MR) is 158 cm³/mol. The van der Waals surface area contributed by atoms with Crippen LogP contribution >= 0.6 is 0 Å². The second kappa shape index (κ2) is 11.1. The Hall–Kier alpha value is -5.33. The van der Waals surface area contributed by atoms with Crippen LogP contribution in [0.15, 0.2) is 85.2 Å². The van der Waals surface area contributed by atoms with Gasteiger partial charge in [0.15, 0.2) is 11.2 Å². The number of hydrogen-bond donors (Lipinski definition) is 5. The van der Waals surface area contributed by atoms with Crippen molar-refractivity contribution in [2.75, 3.05) is 18.9 Å². The van der Waals surface area contributed by atoms with Gasteiger partial charge in [0.2, 0.25) is 11.8 Å². The Labute approximate surface area is 251 Å². The summed E-state index contributed by atoms with van der Waals surface area (Å²) in [6.45, 7) is -1.04. The summed E-state index contributed by atoms with van der Waals surface area (Å²) in [5.41, 5.74) is 4.95. The number of carbonyl (C=O) groups is 2. The Kier molecular flexibility index (Phi) is 7.23. The number of nitrogens with zero attached hydrogens (tertiary/aromatic N) is 4. The van der Waals surface area contributed by atoms with Crippen LogP contribution in [0, 0.1) is 0 Å². The van der Waals surface area contributed by atoms with E-state index in [1.54, 1.807) is 41.0 Å². The smallest absolute Gasteiger partial charge is 0.335 e. The summed E-state index contributed by atoms with van der Waals surface area (Å²) in [7, 11) is 0. The summed E-state index contributed by atoms with van der Waals surface area (Å²) >= 11 is 0.